The highest BCUT2D eigenvalue weighted by atomic mass is 16.4. The van der Waals surface area contributed by atoms with Crippen LogP contribution in [0.1, 0.15) is 59.4 Å². The van der Waals surface area contributed by atoms with Crippen molar-refractivity contribution in [3.63, 3.8) is 0 Å². The van der Waals surface area contributed by atoms with Crippen LogP contribution in [-0.2, 0) is 0 Å². The Morgan fingerprint density at radius 3 is 2.24 bits per heavy atom. The van der Waals surface area contributed by atoms with Gasteiger partial charge in [-0.05, 0) is 37.0 Å². The van der Waals surface area contributed by atoms with E-state index in [0.29, 0.717) is 0 Å². The lowest BCUT2D eigenvalue weighted by Gasteiger charge is -2.13. The van der Waals surface area contributed by atoms with Crippen molar-refractivity contribution in [1.29, 1.82) is 0 Å². The monoisotopic (exact) mass is 236 g/mol. The third-order valence-electron chi connectivity index (χ3n) is 2.92. The number of carboxylic acids is 1. The number of benzene rings is 1. The molecule has 0 heterocycles. The van der Waals surface area contributed by atoms with E-state index < -0.39 is 11.7 Å². The molecule has 1 atom stereocenters. The molecule has 17 heavy (non-hydrogen) atoms. The molecule has 1 rings (SSSR count). The van der Waals surface area contributed by atoms with Crippen LogP contribution < -0.4 is 0 Å². The zero-order chi connectivity index (χ0) is 13.2. The quantitative estimate of drug-likeness (QED) is 0.788. The van der Waals surface area contributed by atoms with Gasteiger partial charge in [0.05, 0.1) is 5.56 Å². The number of carboxylic acid groups (broad SMARTS) is 1. The maximum Gasteiger partial charge on any atom is 0.339 e. The number of hydrogen-bond acceptors (Lipinski definition) is 3. The smallest absolute Gasteiger partial charge is 0.339 e. The summed E-state index contributed by atoms with van der Waals surface area (Å²) in [6, 6.07) is 3.00. The van der Waals surface area contributed by atoms with Crippen LogP contribution in [0, 0.1) is 0 Å². The van der Waals surface area contributed by atoms with Crippen LogP contribution in [0.3, 0.4) is 0 Å². The highest BCUT2D eigenvalue weighted by Crippen LogP contribution is 2.29. The topological polar surface area (TPSA) is 74.6 Å². The van der Waals surface area contributed by atoms with Gasteiger partial charge in [-0.25, -0.2) is 4.79 Å². The predicted molar refractivity (Wildman–Crippen MR) is 63.8 cm³/mol. The van der Waals surface area contributed by atoms with Crippen LogP contribution in [0.2, 0.25) is 0 Å². The summed E-state index contributed by atoms with van der Waals surface area (Å²) in [5, 5.41) is 18.7. The van der Waals surface area contributed by atoms with Crippen molar-refractivity contribution in [2.45, 2.75) is 33.1 Å². The Morgan fingerprint density at radius 2 is 1.82 bits per heavy atom. The first-order chi connectivity index (χ1) is 7.88. The molecule has 1 unspecified atom stereocenters. The summed E-state index contributed by atoms with van der Waals surface area (Å²) in [5.41, 5.74) is 0.612. The molecule has 0 fully saturated rings. The summed E-state index contributed by atoms with van der Waals surface area (Å²) in [6.45, 7) is 5.23. The fourth-order valence-corrected chi connectivity index (χ4v) is 1.61. The van der Waals surface area contributed by atoms with Crippen LogP contribution in [0.15, 0.2) is 12.1 Å². The van der Waals surface area contributed by atoms with Gasteiger partial charge in [-0.3, -0.25) is 4.79 Å². The summed E-state index contributed by atoms with van der Waals surface area (Å²) in [7, 11) is 0. The molecule has 0 amide bonds. The van der Waals surface area contributed by atoms with Crippen molar-refractivity contribution in [2.24, 2.45) is 0 Å². The van der Waals surface area contributed by atoms with E-state index in [2.05, 4.69) is 0 Å². The number of Topliss-reactive ketones (excluding diaryl/α,β-unsaturated/α-hetero) is 1. The largest absolute Gasteiger partial charge is 0.506 e. The van der Waals surface area contributed by atoms with E-state index in [1.165, 1.54) is 13.0 Å². The number of hydrogen-bond donors (Lipinski definition) is 2. The Balaban J connectivity index is 3.47. The van der Waals surface area contributed by atoms with Crippen LogP contribution in [0.25, 0.3) is 0 Å². The SMILES string of the molecule is CCC(C)c1cc(C(C)=O)c(O)c(C(=O)O)c1. The van der Waals surface area contributed by atoms with Gasteiger partial charge >= 0.3 is 5.97 Å². The highest BCUT2D eigenvalue weighted by molar-refractivity contribution is 6.02. The highest BCUT2D eigenvalue weighted by Gasteiger charge is 2.19. The Hall–Kier alpha value is -1.84. The Labute approximate surface area is 99.9 Å². The molecule has 0 aliphatic carbocycles. The maximum absolute atomic E-state index is 11.4. The minimum atomic E-state index is -1.23. The molecular formula is C13H16O4. The van der Waals surface area contributed by atoms with E-state index >= 15 is 0 Å². The molecule has 0 saturated heterocycles. The van der Waals surface area contributed by atoms with E-state index in [-0.39, 0.29) is 22.8 Å². The van der Waals surface area contributed by atoms with E-state index in [1.807, 2.05) is 13.8 Å². The second kappa shape index (κ2) is 4.99. The van der Waals surface area contributed by atoms with E-state index in [0.717, 1.165) is 12.0 Å². The number of aromatic hydroxyl groups is 1. The molecule has 4 heteroatoms. The van der Waals surface area contributed by atoms with Gasteiger partial charge in [0.2, 0.25) is 0 Å². The first-order valence-electron chi connectivity index (χ1n) is 5.49. The third-order valence-corrected chi connectivity index (χ3v) is 2.92. The van der Waals surface area contributed by atoms with Gasteiger partial charge < -0.3 is 10.2 Å². The number of aromatic carboxylic acids is 1. The lowest BCUT2D eigenvalue weighted by atomic mass is 9.93. The summed E-state index contributed by atoms with van der Waals surface area (Å²) >= 11 is 0. The van der Waals surface area contributed by atoms with Crippen molar-refractivity contribution in [3.8, 4) is 5.75 Å². The lowest BCUT2D eigenvalue weighted by molar-refractivity contribution is 0.0693. The molecular weight excluding hydrogens is 220 g/mol. The number of carbonyl (C=O) groups is 2. The van der Waals surface area contributed by atoms with Crippen molar-refractivity contribution in [1.82, 2.24) is 0 Å². The van der Waals surface area contributed by atoms with Gasteiger partial charge in [0.25, 0.3) is 0 Å². The summed E-state index contributed by atoms with van der Waals surface area (Å²) in [4.78, 5) is 22.3. The van der Waals surface area contributed by atoms with Crippen LogP contribution in [-0.4, -0.2) is 22.0 Å². The van der Waals surface area contributed by atoms with Gasteiger partial charge in [0, 0.05) is 0 Å². The Kier molecular flexibility index (Phi) is 3.89. The van der Waals surface area contributed by atoms with Crippen LogP contribution >= 0.6 is 0 Å². The fourth-order valence-electron chi connectivity index (χ4n) is 1.61. The van der Waals surface area contributed by atoms with Gasteiger partial charge in [0.15, 0.2) is 5.78 Å². The molecule has 0 saturated carbocycles. The Morgan fingerprint density at radius 1 is 1.29 bits per heavy atom. The standard InChI is InChI=1S/C13H16O4/c1-4-7(2)9-5-10(8(3)14)12(15)11(6-9)13(16)17/h5-7,15H,4H2,1-3H3,(H,16,17). The zero-order valence-electron chi connectivity index (χ0n) is 10.2. The number of phenols is 1. The second-order valence-corrected chi connectivity index (χ2v) is 4.14. The minimum absolute atomic E-state index is 0.0696. The predicted octanol–water partition coefficient (Wildman–Crippen LogP) is 2.81. The average molecular weight is 236 g/mol. The number of carbonyl (C=O) groups excluding carboxylic acids is 1. The van der Waals surface area contributed by atoms with E-state index in [9.17, 15) is 14.7 Å². The summed E-state index contributed by atoms with van der Waals surface area (Å²) in [5.74, 6) is -1.87. The van der Waals surface area contributed by atoms with E-state index in [4.69, 9.17) is 5.11 Å². The molecule has 0 aliphatic rings. The van der Waals surface area contributed by atoms with Gasteiger partial charge in [-0.15, -0.1) is 0 Å². The molecule has 0 bridgehead atoms. The average Bonchev–Trinajstić information content (AvgIpc) is 2.27. The first kappa shape index (κ1) is 13.2. The van der Waals surface area contributed by atoms with Gasteiger partial charge in [-0.1, -0.05) is 13.8 Å². The van der Waals surface area contributed by atoms with Gasteiger partial charge in [-0.2, -0.15) is 0 Å². The molecule has 0 aromatic heterocycles. The molecule has 2 N–H and O–H groups in total. The summed E-state index contributed by atoms with van der Waals surface area (Å²) < 4.78 is 0. The lowest BCUT2D eigenvalue weighted by Crippen LogP contribution is -2.05. The fraction of sp³-hybridized carbons (Fsp3) is 0.385. The number of ketones is 1. The maximum atomic E-state index is 11.4. The van der Waals surface area contributed by atoms with Crippen molar-refractivity contribution >= 4 is 11.8 Å². The minimum Gasteiger partial charge on any atom is -0.506 e. The molecule has 92 valence electrons. The number of rotatable bonds is 4. The second-order valence-electron chi connectivity index (χ2n) is 4.14. The molecule has 0 radical (unpaired) electrons. The summed E-state index contributed by atoms with van der Waals surface area (Å²) in [6.07, 6.45) is 0.835. The molecule has 4 nitrogen and oxygen atoms in total. The van der Waals surface area contributed by atoms with Crippen LogP contribution in [0.4, 0.5) is 0 Å². The Bertz CT molecular complexity index is 427. The molecule has 1 aromatic rings. The molecule has 0 aliphatic heterocycles. The zero-order valence-corrected chi connectivity index (χ0v) is 10.2. The van der Waals surface area contributed by atoms with Crippen molar-refractivity contribution < 1.29 is 19.8 Å². The third kappa shape index (κ3) is 2.64. The van der Waals surface area contributed by atoms with E-state index in [1.54, 1.807) is 6.07 Å². The van der Waals surface area contributed by atoms with Crippen molar-refractivity contribution in [3.05, 3.63) is 28.8 Å². The molecule has 0 spiro atoms. The van der Waals surface area contributed by atoms with Crippen LogP contribution in [0.5, 0.6) is 5.75 Å². The first-order valence-corrected chi connectivity index (χ1v) is 5.49. The van der Waals surface area contributed by atoms with Gasteiger partial charge in [0.1, 0.15) is 11.3 Å². The van der Waals surface area contributed by atoms with Crippen molar-refractivity contribution in [2.75, 3.05) is 0 Å². The molecule has 1 aromatic carbocycles. The normalized spacial score (nSPS) is 12.2.